The molecule has 0 aliphatic rings. The lowest BCUT2D eigenvalue weighted by Crippen LogP contribution is -2.45. The Balaban J connectivity index is 4.42. The molecule has 0 bridgehead atoms. The first-order valence-electron chi connectivity index (χ1n) is 4.62. The van der Waals surface area contributed by atoms with E-state index in [1.807, 2.05) is 0 Å². The van der Waals surface area contributed by atoms with Gasteiger partial charge < -0.3 is 10.4 Å². The molecule has 0 aliphatic heterocycles. The van der Waals surface area contributed by atoms with Crippen LogP contribution < -0.4 is 5.32 Å². The summed E-state index contributed by atoms with van der Waals surface area (Å²) in [6.07, 6.45) is -4.64. The lowest BCUT2D eigenvalue weighted by atomic mass is 10.0. The number of alkyl halides is 3. The first-order chi connectivity index (χ1) is 7.20. The van der Waals surface area contributed by atoms with Crippen molar-refractivity contribution in [2.24, 2.45) is 11.8 Å². The molecule has 0 saturated heterocycles. The van der Waals surface area contributed by atoms with Crippen molar-refractivity contribution in [2.45, 2.75) is 26.1 Å². The van der Waals surface area contributed by atoms with Crippen LogP contribution in [0.5, 0.6) is 0 Å². The summed E-state index contributed by atoms with van der Waals surface area (Å²) in [4.78, 5) is 10.7. The summed E-state index contributed by atoms with van der Waals surface area (Å²) in [5, 5.41) is 19.2. The maximum Gasteiger partial charge on any atom is 0.405 e. The molecule has 0 fully saturated rings. The van der Waals surface area contributed by atoms with Crippen molar-refractivity contribution in [3.63, 3.8) is 0 Å². The van der Waals surface area contributed by atoms with Gasteiger partial charge in [-0.2, -0.15) is 18.4 Å². The topological polar surface area (TPSA) is 73.1 Å². The second-order valence-electron chi connectivity index (χ2n) is 3.69. The van der Waals surface area contributed by atoms with Crippen LogP contribution in [0.15, 0.2) is 0 Å². The lowest BCUT2D eigenvalue weighted by molar-refractivity contribution is -0.159. The molecule has 0 saturated carbocycles. The van der Waals surface area contributed by atoms with E-state index in [9.17, 15) is 18.0 Å². The van der Waals surface area contributed by atoms with Crippen LogP contribution in [0.3, 0.4) is 0 Å². The summed E-state index contributed by atoms with van der Waals surface area (Å²) in [6, 6.07) is 0.00978. The number of carboxylic acids is 1. The Kier molecular flexibility index (Phi) is 5.24. The van der Waals surface area contributed by atoms with E-state index in [1.165, 1.54) is 0 Å². The molecule has 0 aliphatic carbocycles. The predicted molar refractivity (Wildman–Crippen MR) is 49.4 cm³/mol. The number of nitrogens with one attached hydrogen (secondary N) is 1. The SMILES string of the molecule is CC(C)C(NCC(C#N)C(F)(F)F)C(=O)O. The maximum absolute atomic E-state index is 12.2. The summed E-state index contributed by atoms with van der Waals surface area (Å²) < 4.78 is 36.5. The number of nitrogens with zero attached hydrogens (tertiary/aromatic N) is 1. The molecule has 0 heterocycles. The molecule has 0 rings (SSSR count). The Hall–Kier alpha value is -1.29. The molecule has 2 N–H and O–H groups in total. The number of carboxylic acid groups (broad SMARTS) is 1. The fourth-order valence-electron chi connectivity index (χ4n) is 1.09. The minimum Gasteiger partial charge on any atom is -0.480 e. The number of hydrogen-bond donors (Lipinski definition) is 2. The number of hydrogen-bond acceptors (Lipinski definition) is 3. The normalized spacial score (nSPS) is 15.6. The van der Waals surface area contributed by atoms with Crippen molar-refractivity contribution in [1.29, 1.82) is 5.26 Å². The van der Waals surface area contributed by atoms with Gasteiger partial charge in [0, 0.05) is 6.54 Å². The van der Waals surface area contributed by atoms with Crippen molar-refractivity contribution < 1.29 is 23.1 Å². The molecular formula is C9H13F3N2O2. The van der Waals surface area contributed by atoms with E-state index >= 15 is 0 Å². The van der Waals surface area contributed by atoms with Gasteiger partial charge in [-0.25, -0.2) is 0 Å². The summed E-state index contributed by atoms with van der Waals surface area (Å²) in [5.74, 6) is -3.77. The van der Waals surface area contributed by atoms with Gasteiger partial charge in [-0.1, -0.05) is 13.8 Å². The highest BCUT2D eigenvalue weighted by Crippen LogP contribution is 2.25. The van der Waals surface area contributed by atoms with E-state index in [-0.39, 0.29) is 5.92 Å². The van der Waals surface area contributed by atoms with Gasteiger partial charge in [-0.3, -0.25) is 4.79 Å². The lowest BCUT2D eigenvalue weighted by Gasteiger charge is -2.20. The molecule has 7 heteroatoms. The molecule has 0 amide bonds. The fraction of sp³-hybridized carbons (Fsp3) is 0.778. The first-order valence-corrected chi connectivity index (χ1v) is 4.62. The average Bonchev–Trinajstić information content (AvgIpc) is 2.08. The highest BCUT2D eigenvalue weighted by atomic mass is 19.4. The summed E-state index contributed by atoms with van der Waals surface area (Å²) in [7, 11) is 0. The van der Waals surface area contributed by atoms with E-state index in [1.54, 1.807) is 13.8 Å². The largest absolute Gasteiger partial charge is 0.480 e. The third-order valence-electron chi connectivity index (χ3n) is 2.03. The quantitative estimate of drug-likeness (QED) is 0.759. The van der Waals surface area contributed by atoms with Crippen LogP contribution in [0.25, 0.3) is 0 Å². The van der Waals surface area contributed by atoms with Crippen molar-refractivity contribution in [3.8, 4) is 6.07 Å². The number of nitriles is 1. The van der Waals surface area contributed by atoms with Crippen LogP contribution >= 0.6 is 0 Å². The van der Waals surface area contributed by atoms with Gasteiger partial charge >= 0.3 is 12.1 Å². The van der Waals surface area contributed by atoms with Gasteiger partial charge in [-0.05, 0) is 5.92 Å². The molecule has 0 aromatic rings. The zero-order chi connectivity index (χ0) is 12.9. The number of aliphatic carboxylic acids is 1. The van der Waals surface area contributed by atoms with Crippen LogP contribution in [0.4, 0.5) is 13.2 Å². The van der Waals surface area contributed by atoms with Gasteiger partial charge in [0.05, 0.1) is 6.07 Å². The van der Waals surface area contributed by atoms with Crippen LogP contribution in [-0.4, -0.2) is 29.8 Å². The zero-order valence-electron chi connectivity index (χ0n) is 8.88. The second kappa shape index (κ2) is 5.70. The highest BCUT2D eigenvalue weighted by molar-refractivity contribution is 5.73. The minimum atomic E-state index is -4.64. The molecule has 2 unspecified atom stereocenters. The summed E-state index contributed by atoms with van der Waals surface area (Å²) in [6.45, 7) is 2.43. The van der Waals surface area contributed by atoms with Gasteiger partial charge in [-0.15, -0.1) is 0 Å². The smallest absolute Gasteiger partial charge is 0.405 e. The second-order valence-corrected chi connectivity index (χ2v) is 3.69. The van der Waals surface area contributed by atoms with Gasteiger partial charge in [0.15, 0.2) is 5.92 Å². The Morgan fingerprint density at radius 2 is 2.00 bits per heavy atom. The number of rotatable bonds is 5. The van der Waals surface area contributed by atoms with E-state index < -0.39 is 30.7 Å². The molecule has 0 aromatic heterocycles. The number of halogens is 3. The van der Waals surface area contributed by atoms with Crippen LogP contribution in [0.2, 0.25) is 0 Å². The van der Waals surface area contributed by atoms with Crippen LogP contribution in [0.1, 0.15) is 13.8 Å². The van der Waals surface area contributed by atoms with E-state index in [0.717, 1.165) is 6.07 Å². The van der Waals surface area contributed by atoms with Crippen molar-refractivity contribution in [3.05, 3.63) is 0 Å². The minimum absolute atomic E-state index is 0.356. The van der Waals surface area contributed by atoms with E-state index in [4.69, 9.17) is 10.4 Å². The molecule has 0 radical (unpaired) electrons. The Morgan fingerprint density at radius 3 is 2.25 bits per heavy atom. The highest BCUT2D eigenvalue weighted by Gasteiger charge is 2.40. The molecule has 0 spiro atoms. The van der Waals surface area contributed by atoms with Gasteiger partial charge in [0.1, 0.15) is 6.04 Å². The average molecular weight is 238 g/mol. The predicted octanol–water partition coefficient (Wildman–Crippen LogP) is 1.39. The van der Waals surface area contributed by atoms with Gasteiger partial charge in [0.25, 0.3) is 0 Å². The summed E-state index contributed by atoms with van der Waals surface area (Å²) in [5.41, 5.74) is 0. The third kappa shape index (κ3) is 4.49. The maximum atomic E-state index is 12.2. The number of carbonyl (C=O) groups is 1. The van der Waals surface area contributed by atoms with Crippen LogP contribution in [0, 0.1) is 23.2 Å². The Labute approximate surface area is 91.1 Å². The van der Waals surface area contributed by atoms with Gasteiger partial charge in [0.2, 0.25) is 0 Å². The monoisotopic (exact) mass is 238 g/mol. The Bertz CT molecular complexity index is 283. The molecular weight excluding hydrogens is 225 g/mol. The van der Waals surface area contributed by atoms with Crippen molar-refractivity contribution >= 4 is 5.97 Å². The first kappa shape index (κ1) is 14.7. The molecule has 16 heavy (non-hydrogen) atoms. The molecule has 4 nitrogen and oxygen atoms in total. The van der Waals surface area contributed by atoms with E-state index in [2.05, 4.69) is 5.32 Å². The standard InChI is InChI=1S/C9H13F3N2O2/c1-5(2)7(8(15)16)14-4-6(3-13)9(10,11)12/h5-7,14H,4H2,1-2H3,(H,15,16). The van der Waals surface area contributed by atoms with Crippen LogP contribution in [-0.2, 0) is 4.79 Å². The Morgan fingerprint density at radius 1 is 1.50 bits per heavy atom. The molecule has 2 atom stereocenters. The molecule has 0 aromatic carbocycles. The van der Waals surface area contributed by atoms with E-state index in [0.29, 0.717) is 0 Å². The van der Waals surface area contributed by atoms with Crippen molar-refractivity contribution in [1.82, 2.24) is 5.32 Å². The zero-order valence-corrected chi connectivity index (χ0v) is 8.88. The summed E-state index contributed by atoms with van der Waals surface area (Å²) >= 11 is 0. The molecule has 92 valence electrons. The fourth-order valence-corrected chi connectivity index (χ4v) is 1.09. The third-order valence-corrected chi connectivity index (χ3v) is 2.03. The van der Waals surface area contributed by atoms with Crippen molar-refractivity contribution in [2.75, 3.05) is 6.54 Å².